The van der Waals surface area contributed by atoms with Gasteiger partial charge in [-0.25, -0.2) is 12.8 Å². The predicted octanol–water partition coefficient (Wildman–Crippen LogP) is 5.29. The Labute approximate surface area is 260 Å². The van der Waals surface area contributed by atoms with Crippen LogP contribution in [0, 0.1) is 11.7 Å². The van der Waals surface area contributed by atoms with Crippen LogP contribution in [0.25, 0.3) is 0 Å². The van der Waals surface area contributed by atoms with Crippen molar-refractivity contribution < 1.29 is 31.9 Å². The highest BCUT2D eigenvalue weighted by Gasteiger charge is 2.33. The van der Waals surface area contributed by atoms with E-state index in [2.05, 4.69) is 5.32 Å². The molecular formula is C30H32Cl2FN3O6S. The standard InChI is InChI=1S/C30H32Cl2FN3O6S/c1-19(2)16-34-30(38)20(3)35(17-21-4-5-22(31)14-26(21)32)29(37)18-36(24-8-6-23(33)7-9-24)43(39,40)25-10-11-27-28(15-25)42-13-12-41-27/h4-11,14-15,19-20H,12-13,16-18H2,1-3H3,(H,34,38)/t20-/m0/s1. The molecule has 1 aliphatic rings. The van der Waals surface area contributed by atoms with Crippen LogP contribution in [0.2, 0.25) is 10.0 Å². The summed E-state index contributed by atoms with van der Waals surface area (Å²) in [6, 6.07) is 12.6. The second kappa shape index (κ2) is 13.8. The summed E-state index contributed by atoms with van der Waals surface area (Å²) in [6.45, 7) is 5.57. The van der Waals surface area contributed by atoms with Crippen molar-refractivity contribution in [1.29, 1.82) is 0 Å². The van der Waals surface area contributed by atoms with Gasteiger partial charge in [-0.15, -0.1) is 0 Å². The van der Waals surface area contributed by atoms with E-state index in [0.717, 1.165) is 16.4 Å². The minimum atomic E-state index is -4.40. The molecule has 9 nitrogen and oxygen atoms in total. The van der Waals surface area contributed by atoms with E-state index in [1.165, 1.54) is 41.3 Å². The summed E-state index contributed by atoms with van der Waals surface area (Å²) in [5.41, 5.74) is 0.553. The smallest absolute Gasteiger partial charge is 0.264 e. The van der Waals surface area contributed by atoms with Crippen LogP contribution >= 0.6 is 23.2 Å². The molecule has 1 aliphatic heterocycles. The molecule has 1 heterocycles. The molecule has 0 spiro atoms. The first-order valence-corrected chi connectivity index (χ1v) is 15.8. The van der Waals surface area contributed by atoms with Gasteiger partial charge in [-0.1, -0.05) is 43.1 Å². The maximum atomic E-state index is 14.0. The average Bonchev–Trinajstić information content (AvgIpc) is 2.98. The van der Waals surface area contributed by atoms with E-state index in [4.69, 9.17) is 32.7 Å². The number of amides is 2. The SMILES string of the molecule is CC(C)CNC(=O)[C@H](C)N(Cc1ccc(Cl)cc1Cl)C(=O)CN(c1ccc(F)cc1)S(=O)(=O)c1ccc2c(c1)OCCO2. The van der Waals surface area contributed by atoms with Gasteiger partial charge in [-0.05, 0) is 66.9 Å². The molecule has 0 fully saturated rings. The number of hydrogen-bond acceptors (Lipinski definition) is 6. The number of halogens is 3. The van der Waals surface area contributed by atoms with Crippen molar-refractivity contribution >= 4 is 50.7 Å². The van der Waals surface area contributed by atoms with Gasteiger partial charge in [-0.2, -0.15) is 0 Å². The second-order valence-corrected chi connectivity index (χ2v) is 13.1. The fraction of sp³-hybridized carbons (Fsp3) is 0.333. The molecule has 2 amide bonds. The number of nitrogens with one attached hydrogen (secondary N) is 1. The van der Waals surface area contributed by atoms with Gasteiger partial charge in [0, 0.05) is 29.2 Å². The Kier molecular flexibility index (Phi) is 10.4. The second-order valence-electron chi connectivity index (χ2n) is 10.4. The predicted molar refractivity (Wildman–Crippen MR) is 163 cm³/mol. The molecule has 0 saturated heterocycles. The number of ether oxygens (including phenoxy) is 2. The van der Waals surface area contributed by atoms with Gasteiger partial charge in [-0.3, -0.25) is 13.9 Å². The zero-order chi connectivity index (χ0) is 31.3. The number of carbonyl (C=O) groups is 2. The van der Waals surface area contributed by atoms with Crippen LogP contribution in [0.4, 0.5) is 10.1 Å². The van der Waals surface area contributed by atoms with Crippen LogP contribution in [0.1, 0.15) is 26.3 Å². The molecule has 0 aliphatic carbocycles. The van der Waals surface area contributed by atoms with E-state index >= 15 is 0 Å². The largest absolute Gasteiger partial charge is 0.486 e. The minimum absolute atomic E-state index is 0.0472. The van der Waals surface area contributed by atoms with E-state index in [9.17, 15) is 22.4 Å². The number of rotatable bonds is 11. The van der Waals surface area contributed by atoms with Gasteiger partial charge in [0.1, 0.15) is 31.6 Å². The minimum Gasteiger partial charge on any atom is -0.486 e. The molecule has 230 valence electrons. The van der Waals surface area contributed by atoms with E-state index in [1.807, 2.05) is 13.8 Å². The summed E-state index contributed by atoms with van der Waals surface area (Å²) in [7, 11) is -4.40. The Balaban J connectivity index is 1.72. The number of sulfonamides is 1. The summed E-state index contributed by atoms with van der Waals surface area (Å²) in [6.07, 6.45) is 0. The summed E-state index contributed by atoms with van der Waals surface area (Å²) in [5.74, 6) is -0.898. The van der Waals surface area contributed by atoms with Gasteiger partial charge in [0.05, 0.1) is 10.6 Å². The lowest BCUT2D eigenvalue weighted by Crippen LogP contribution is -2.51. The van der Waals surface area contributed by atoms with Crippen molar-refractivity contribution in [3.63, 3.8) is 0 Å². The van der Waals surface area contributed by atoms with Crippen LogP contribution < -0.4 is 19.1 Å². The van der Waals surface area contributed by atoms with Crippen molar-refractivity contribution in [3.05, 3.63) is 82.1 Å². The third-order valence-electron chi connectivity index (χ3n) is 6.70. The normalized spacial score (nSPS) is 13.4. The van der Waals surface area contributed by atoms with Gasteiger partial charge in [0.15, 0.2) is 11.5 Å². The summed E-state index contributed by atoms with van der Waals surface area (Å²) in [4.78, 5) is 28.2. The molecule has 0 aromatic heterocycles. The van der Waals surface area contributed by atoms with Crippen molar-refractivity contribution in [2.75, 3.05) is 30.6 Å². The lowest BCUT2D eigenvalue weighted by atomic mass is 10.1. The molecule has 0 radical (unpaired) electrons. The van der Waals surface area contributed by atoms with Crippen LogP contribution in [-0.2, 0) is 26.2 Å². The van der Waals surface area contributed by atoms with Gasteiger partial charge < -0.3 is 19.7 Å². The number of carbonyl (C=O) groups excluding carboxylic acids is 2. The molecule has 1 atom stereocenters. The maximum Gasteiger partial charge on any atom is 0.264 e. The lowest BCUT2D eigenvalue weighted by Gasteiger charge is -2.32. The van der Waals surface area contributed by atoms with Crippen molar-refractivity contribution in [3.8, 4) is 11.5 Å². The van der Waals surface area contributed by atoms with Crippen LogP contribution in [0.5, 0.6) is 11.5 Å². The Morgan fingerprint density at radius 1 is 0.953 bits per heavy atom. The van der Waals surface area contributed by atoms with Crippen molar-refractivity contribution in [1.82, 2.24) is 10.2 Å². The maximum absolute atomic E-state index is 14.0. The highest BCUT2D eigenvalue weighted by Crippen LogP contribution is 2.34. The van der Waals surface area contributed by atoms with Crippen LogP contribution in [0.15, 0.2) is 65.6 Å². The van der Waals surface area contributed by atoms with Crippen LogP contribution in [0.3, 0.4) is 0 Å². The first-order chi connectivity index (χ1) is 20.4. The monoisotopic (exact) mass is 651 g/mol. The first kappa shape index (κ1) is 32.4. The highest BCUT2D eigenvalue weighted by molar-refractivity contribution is 7.92. The summed E-state index contributed by atoms with van der Waals surface area (Å²) in [5, 5.41) is 3.49. The Morgan fingerprint density at radius 2 is 1.63 bits per heavy atom. The van der Waals surface area contributed by atoms with Crippen LogP contribution in [-0.4, -0.2) is 57.5 Å². The fourth-order valence-corrected chi connectivity index (χ4v) is 6.21. The third kappa shape index (κ3) is 7.90. The topological polar surface area (TPSA) is 105 Å². The summed E-state index contributed by atoms with van der Waals surface area (Å²) >= 11 is 12.5. The Morgan fingerprint density at radius 3 is 2.28 bits per heavy atom. The molecule has 0 saturated carbocycles. The van der Waals surface area contributed by atoms with Gasteiger partial charge in [0.25, 0.3) is 10.0 Å². The zero-order valence-corrected chi connectivity index (χ0v) is 26.2. The molecule has 0 unspecified atom stereocenters. The Bertz CT molecular complexity index is 1590. The van der Waals surface area contributed by atoms with Crippen molar-refractivity contribution in [2.24, 2.45) is 5.92 Å². The Hall–Kier alpha value is -3.54. The quantitative estimate of drug-likeness (QED) is 0.302. The molecule has 1 N–H and O–H groups in total. The highest BCUT2D eigenvalue weighted by atomic mass is 35.5. The van der Waals surface area contributed by atoms with E-state index < -0.39 is 40.2 Å². The molecule has 4 rings (SSSR count). The molecule has 13 heteroatoms. The number of fused-ring (bicyclic) bond motifs is 1. The average molecular weight is 653 g/mol. The summed E-state index contributed by atoms with van der Waals surface area (Å²) < 4.78 is 53.9. The number of hydrogen-bond donors (Lipinski definition) is 1. The molecule has 0 bridgehead atoms. The number of anilines is 1. The molecule has 3 aromatic carbocycles. The van der Waals surface area contributed by atoms with Gasteiger partial charge in [0.2, 0.25) is 11.8 Å². The lowest BCUT2D eigenvalue weighted by molar-refractivity contribution is -0.139. The molecule has 43 heavy (non-hydrogen) atoms. The molecule has 3 aromatic rings. The number of benzene rings is 3. The molecular weight excluding hydrogens is 620 g/mol. The van der Waals surface area contributed by atoms with E-state index in [-0.39, 0.29) is 40.4 Å². The first-order valence-electron chi connectivity index (χ1n) is 13.6. The zero-order valence-electron chi connectivity index (χ0n) is 23.8. The fourth-order valence-electron chi connectivity index (χ4n) is 4.32. The van der Waals surface area contributed by atoms with E-state index in [1.54, 1.807) is 19.1 Å². The third-order valence-corrected chi connectivity index (χ3v) is 9.06. The van der Waals surface area contributed by atoms with Gasteiger partial charge >= 0.3 is 0 Å². The van der Waals surface area contributed by atoms with E-state index in [0.29, 0.717) is 29.5 Å². The number of nitrogens with zero attached hydrogens (tertiary/aromatic N) is 2. The van der Waals surface area contributed by atoms with Crippen molar-refractivity contribution in [2.45, 2.75) is 38.3 Å².